The van der Waals surface area contributed by atoms with Crippen molar-refractivity contribution in [3.8, 4) is 5.75 Å². The van der Waals surface area contributed by atoms with E-state index in [9.17, 15) is 14.4 Å². The Bertz CT molecular complexity index is 1500. The molecule has 0 spiro atoms. The summed E-state index contributed by atoms with van der Waals surface area (Å²) < 4.78 is 11.8. The summed E-state index contributed by atoms with van der Waals surface area (Å²) in [6.07, 6.45) is 0.850. The van der Waals surface area contributed by atoms with E-state index in [1.165, 1.54) is 11.8 Å². The van der Waals surface area contributed by atoms with Crippen molar-refractivity contribution in [2.24, 2.45) is 0 Å². The molecule has 4 aromatic rings. The van der Waals surface area contributed by atoms with Gasteiger partial charge in [-0.1, -0.05) is 42.5 Å². The Labute approximate surface area is 199 Å². The maximum atomic E-state index is 13.7. The molecular formula is C26H22N2O5S. The van der Waals surface area contributed by atoms with Crippen molar-refractivity contribution < 1.29 is 18.7 Å². The number of rotatable bonds is 6. The molecule has 0 fully saturated rings. The number of benzene rings is 2. The summed E-state index contributed by atoms with van der Waals surface area (Å²) in [6.45, 7) is 5.77. The zero-order valence-electron chi connectivity index (χ0n) is 19.0. The van der Waals surface area contributed by atoms with Crippen molar-refractivity contribution in [1.82, 2.24) is 4.98 Å². The third-order valence-corrected chi connectivity index (χ3v) is 6.99. The average Bonchev–Trinajstić information content (AvgIpc) is 3.35. The highest BCUT2D eigenvalue weighted by Crippen LogP contribution is 2.43. The topological polar surface area (TPSA) is 89.7 Å². The van der Waals surface area contributed by atoms with Gasteiger partial charge in [-0.2, -0.15) is 0 Å². The molecule has 1 aliphatic rings. The molecular weight excluding hydrogens is 452 g/mol. The van der Waals surface area contributed by atoms with Crippen molar-refractivity contribution >= 4 is 39.1 Å². The molecule has 0 saturated carbocycles. The number of hydrogen-bond acceptors (Lipinski definition) is 7. The molecule has 3 heterocycles. The lowest BCUT2D eigenvalue weighted by atomic mass is 9.98. The third kappa shape index (κ3) is 3.51. The van der Waals surface area contributed by atoms with Gasteiger partial charge in [-0.05, 0) is 43.2 Å². The summed E-state index contributed by atoms with van der Waals surface area (Å²) >= 11 is 1.14. The zero-order chi connectivity index (χ0) is 24.0. The van der Waals surface area contributed by atoms with Crippen molar-refractivity contribution in [2.45, 2.75) is 33.2 Å². The number of thiazole rings is 1. The van der Waals surface area contributed by atoms with Crippen LogP contribution in [0.4, 0.5) is 5.13 Å². The molecule has 0 aliphatic carbocycles. The second-order valence-corrected chi connectivity index (χ2v) is 9.11. The van der Waals surface area contributed by atoms with Crippen molar-refractivity contribution in [3.05, 3.63) is 86.2 Å². The molecule has 34 heavy (non-hydrogen) atoms. The molecule has 1 amide bonds. The van der Waals surface area contributed by atoms with Crippen molar-refractivity contribution in [3.63, 3.8) is 0 Å². The number of aromatic nitrogens is 1. The van der Waals surface area contributed by atoms with Gasteiger partial charge >= 0.3 is 0 Å². The molecule has 8 heteroatoms. The van der Waals surface area contributed by atoms with Gasteiger partial charge in [0.15, 0.2) is 16.3 Å². The SMILES string of the molecule is CCCOc1cccc([C@H]2c3c(oc4ccccc4c3=O)C(=O)N2c2nc(C)c(C(C)=O)s2)c1. The highest BCUT2D eigenvalue weighted by Gasteiger charge is 2.45. The van der Waals surface area contributed by atoms with Crippen LogP contribution in [0.5, 0.6) is 5.75 Å². The minimum Gasteiger partial charge on any atom is -0.494 e. The number of carbonyl (C=O) groups is 2. The Morgan fingerprint density at radius 2 is 1.97 bits per heavy atom. The summed E-state index contributed by atoms with van der Waals surface area (Å²) in [5.41, 5.74) is 1.58. The summed E-state index contributed by atoms with van der Waals surface area (Å²) in [5.74, 6) is 0.0411. The Morgan fingerprint density at radius 1 is 1.18 bits per heavy atom. The van der Waals surface area contributed by atoms with Crippen LogP contribution in [0.25, 0.3) is 11.0 Å². The van der Waals surface area contributed by atoms with E-state index in [0.717, 1.165) is 17.8 Å². The number of hydrogen-bond donors (Lipinski definition) is 0. The van der Waals surface area contributed by atoms with Gasteiger partial charge in [0.25, 0.3) is 5.91 Å². The smallest absolute Gasteiger partial charge is 0.297 e. The maximum Gasteiger partial charge on any atom is 0.297 e. The number of Topliss-reactive ketones (excluding diaryl/α,β-unsaturated/α-hetero) is 1. The molecule has 0 N–H and O–H groups in total. The molecule has 2 aromatic heterocycles. The van der Waals surface area contributed by atoms with Crippen LogP contribution in [0, 0.1) is 6.92 Å². The fourth-order valence-electron chi connectivity index (χ4n) is 4.24. The van der Waals surface area contributed by atoms with Gasteiger partial charge in [-0.25, -0.2) is 4.98 Å². The molecule has 2 aromatic carbocycles. The lowest BCUT2D eigenvalue weighted by molar-refractivity contribution is 0.0969. The van der Waals surface area contributed by atoms with Gasteiger partial charge in [-0.15, -0.1) is 0 Å². The van der Waals surface area contributed by atoms with E-state index in [1.807, 2.05) is 31.2 Å². The van der Waals surface area contributed by atoms with Crippen LogP contribution in [0.15, 0.2) is 57.7 Å². The van der Waals surface area contributed by atoms with E-state index >= 15 is 0 Å². The first kappa shape index (κ1) is 22.0. The monoisotopic (exact) mass is 474 g/mol. The number of carbonyl (C=O) groups excluding carboxylic acids is 2. The molecule has 0 bridgehead atoms. The number of aryl methyl sites for hydroxylation is 1. The molecule has 1 aliphatic heterocycles. The minimum absolute atomic E-state index is 0.00851. The highest BCUT2D eigenvalue weighted by atomic mass is 32.1. The molecule has 0 radical (unpaired) electrons. The number of nitrogens with zero attached hydrogens (tertiary/aromatic N) is 2. The Balaban J connectivity index is 1.75. The largest absolute Gasteiger partial charge is 0.494 e. The average molecular weight is 475 g/mol. The number of ether oxygens (including phenoxy) is 1. The first-order chi connectivity index (χ1) is 16.4. The summed E-state index contributed by atoms with van der Waals surface area (Å²) in [5, 5.41) is 0.742. The summed E-state index contributed by atoms with van der Waals surface area (Å²) in [4.78, 5) is 45.8. The Kier molecular flexibility index (Phi) is 5.53. The number of amides is 1. The van der Waals surface area contributed by atoms with Crippen LogP contribution < -0.4 is 15.1 Å². The zero-order valence-corrected chi connectivity index (χ0v) is 19.8. The van der Waals surface area contributed by atoms with Crippen LogP contribution >= 0.6 is 11.3 Å². The second kappa shape index (κ2) is 8.53. The van der Waals surface area contributed by atoms with Gasteiger partial charge in [0, 0.05) is 6.92 Å². The lowest BCUT2D eigenvalue weighted by Gasteiger charge is -2.23. The predicted molar refractivity (Wildman–Crippen MR) is 130 cm³/mol. The first-order valence-electron chi connectivity index (χ1n) is 11.0. The second-order valence-electron chi connectivity index (χ2n) is 8.14. The van der Waals surface area contributed by atoms with Gasteiger partial charge in [0.05, 0.1) is 34.2 Å². The Hall–Kier alpha value is -3.78. The number of fused-ring (bicyclic) bond motifs is 2. The quantitative estimate of drug-likeness (QED) is 0.352. The van der Waals surface area contributed by atoms with E-state index < -0.39 is 11.9 Å². The highest BCUT2D eigenvalue weighted by molar-refractivity contribution is 7.17. The molecule has 7 nitrogen and oxygen atoms in total. The molecule has 0 unspecified atom stereocenters. The van der Waals surface area contributed by atoms with Gasteiger partial charge in [0.1, 0.15) is 11.3 Å². The fraction of sp³-hybridized carbons (Fsp3) is 0.231. The molecule has 0 saturated heterocycles. The van der Waals surface area contributed by atoms with E-state index in [4.69, 9.17) is 9.15 Å². The van der Waals surface area contributed by atoms with E-state index in [-0.39, 0.29) is 22.5 Å². The number of ketones is 1. The van der Waals surface area contributed by atoms with E-state index in [0.29, 0.717) is 44.6 Å². The minimum atomic E-state index is -0.765. The van der Waals surface area contributed by atoms with Crippen LogP contribution in [-0.2, 0) is 0 Å². The van der Waals surface area contributed by atoms with Gasteiger partial charge in [0.2, 0.25) is 5.76 Å². The van der Waals surface area contributed by atoms with Crippen LogP contribution in [0.1, 0.15) is 63.4 Å². The van der Waals surface area contributed by atoms with Crippen LogP contribution in [0.2, 0.25) is 0 Å². The Morgan fingerprint density at radius 3 is 2.71 bits per heavy atom. The van der Waals surface area contributed by atoms with Crippen LogP contribution in [-0.4, -0.2) is 23.3 Å². The van der Waals surface area contributed by atoms with E-state index in [2.05, 4.69) is 4.98 Å². The van der Waals surface area contributed by atoms with Crippen molar-refractivity contribution in [1.29, 1.82) is 0 Å². The van der Waals surface area contributed by atoms with Crippen LogP contribution in [0.3, 0.4) is 0 Å². The molecule has 5 rings (SSSR count). The van der Waals surface area contributed by atoms with Gasteiger partial charge < -0.3 is 9.15 Å². The normalized spacial score (nSPS) is 15.1. The summed E-state index contributed by atoms with van der Waals surface area (Å²) in [7, 11) is 0. The third-order valence-electron chi connectivity index (χ3n) is 5.74. The first-order valence-corrected chi connectivity index (χ1v) is 11.8. The number of para-hydroxylation sites is 1. The fourth-order valence-corrected chi connectivity index (χ4v) is 5.23. The van der Waals surface area contributed by atoms with Crippen molar-refractivity contribution in [2.75, 3.05) is 11.5 Å². The number of anilines is 1. The van der Waals surface area contributed by atoms with Gasteiger partial charge in [-0.3, -0.25) is 19.3 Å². The van der Waals surface area contributed by atoms with E-state index in [1.54, 1.807) is 31.2 Å². The predicted octanol–water partition coefficient (Wildman–Crippen LogP) is 5.30. The molecule has 1 atom stereocenters. The molecule has 172 valence electrons. The lowest BCUT2D eigenvalue weighted by Crippen LogP contribution is -2.29. The maximum absolute atomic E-state index is 13.7. The standard InChI is InChI=1S/C26H22N2O5S/c1-4-12-32-17-9-7-8-16(13-17)21-20-22(30)18-10-5-6-11-19(18)33-23(20)25(31)28(21)26-27-14(2)24(34-26)15(3)29/h5-11,13,21H,4,12H2,1-3H3/t21-/m0/s1. The summed E-state index contributed by atoms with van der Waals surface area (Å²) in [6, 6.07) is 13.5.